The van der Waals surface area contributed by atoms with Crippen LogP contribution in [0.1, 0.15) is 48.0 Å². The van der Waals surface area contributed by atoms with Crippen molar-refractivity contribution >= 4 is 17.0 Å². The van der Waals surface area contributed by atoms with E-state index >= 15 is 0 Å². The zero-order valence-corrected chi connectivity index (χ0v) is 18.6. The van der Waals surface area contributed by atoms with Crippen LogP contribution < -0.4 is 16.4 Å². The molecule has 0 aromatic carbocycles. The summed E-state index contributed by atoms with van der Waals surface area (Å²) in [6, 6.07) is 5.33. The third-order valence-electron chi connectivity index (χ3n) is 6.92. The number of nitrogens with zero attached hydrogens (tertiary/aromatic N) is 3. The number of hydrogen-bond donors (Lipinski definition) is 5. The summed E-state index contributed by atoms with van der Waals surface area (Å²) in [6.07, 6.45) is -2.44. The highest BCUT2D eigenvalue weighted by Crippen LogP contribution is 2.42. The number of fused-ring (bicyclic) bond motifs is 1. The molecule has 34 heavy (non-hydrogen) atoms. The van der Waals surface area contributed by atoms with Crippen molar-refractivity contribution in [2.75, 3.05) is 38.5 Å². The lowest BCUT2D eigenvalue weighted by atomic mass is 9.84. The van der Waals surface area contributed by atoms with E-state index in [1.807, 2.05) is 12.1 Å². The molecule has 2 saturated heterocycles. The van der Waals surface area contributed by atoms with Crippen LogP contribution in [0.2, 0.25) is 0 Å². The summed E-state index contributed by atoms with van der Waals surface area (Å²) in [5, 5.41) is 16.9. The molecule has 6 N–H and O–H groups in total. The Bertz CT molecular complexity index is 1170. The molecule has 0 radical (unpaired) electrons. The molecule has 2 aliphatic heterocycles. The van der Waals surface area contributed by atoms with Crippen molar-refractivity contribution in [3.63, 3.8) is 0 Å². The van der Waals surface area contributed by atoms with Gasteiger partial charge in [0.25, 0.3) is 0 Å². The van der Waals surface area contributed by atoms with Gasteiger partial charge in [0.05, 0.1) is 11.4 Å². The molecule has 2 unspecified atom stereocenters. The minimum atomic E-state index is -4.65. The summed E-state index contributed by atoms with van der Waals surface area (Å²) in [6.45, 7) is 2.78. The number of pyridine rings is 1. The number of piperidine rings is 2. The SMILES string of the molecule is Nc1nc(-c2cc3ccc([C@@H]4CNCCC4CO)nc3[nH]2)c(C(F)(F)F)c(C2CCCNC2)n1. The second-order valence-corrected chi connectivity index (χ2v) is 9.13. The Morgan fingerprint density at radius 3 is 2.62 bits per heavy atom. The van der Waals surface area contributed by atoms with Gasteiger partial charge < -0.3 is 26.5 Å². The van der Waals surface area contributed by atoms with Gasteiger partial charge in [-0.2, -0.15) is 13.2 Å². The zero-order chi connectivity index (χ0) is 23.9. The Morgan fingerprint density at radius 2 is 1.88 bits per heavy atom. The largest absolute Gasteiger partial charge is 0.420 e. The second kappa shape index (κ2) is 9.12. The standard InChI is InChI=1S/C23H28F3N7O/c24-23(25,26)18-19(13-2-1-6-28-9-13)32-22(27)33-20(18)17-8-12-3-4-16(30-21(12)31-17)15-10-29-7-5-14(15)11-34/h3-4,8,13-15,28-29,34H,1-2,5-7,9-11H2,(H,30,31)(H2,27,32,33)/t13?,14?,15-/m1/s1. The van der Waals surface area contributed by atoms with Crippen molar-refractivity contribution < 1.29 is 18.3 Å². The summed E-state index contributed by atoms with van der Waals surface area (Å²) < 4.78 is 43.0. The lowest BCUT2D eigenvalue weighted by molar-refractivity contribution is -0.138. The number of aliphatic hydroxyl groups excluding tert-OH is 1. The summed E-state index contributed by atoms with van der Waals surface area (Å²) in [7, 11) is 0. The highest BCUT2D eigenvalue weighted by Gasteiger charge is 2.41. The average molecular weight is 476 g/mol. The minimum absolute atomic E-state index is 0.0285. The van der Waals surface area contributed by atoms with E-state index in [1.54, 1.807) is 6.07 Å². The maximum absolute atomic E-state index is 14.3. The normalized spacial score (nSPS) is 23.9. The summed E-state index contributed by atoms with van der Waals surface area (Å²) in [4.78, 5) is 15.8. The van der Waals surface area contributed by atoms with Gasteiger partial charge in [0.1, 0.15) is 16.9 Å². The van der Waals surface area contributed by atoms with Gasteiger partial charge in [-0.05, 0) is 56.5 Å². The number of aliphatic hydroxyl groups is 1. The van der Waals surface area contributed by atoms with Gasteiger partial charge in [-0.25, -0.2) is 15.0 Å². The highest BCUT2D eigenvalue weighted by atomic mass is 19.4. The molecule has 182 valence electrons. The van der Waals surface area contributed by atoms with Gasteiger partial charge in [-0.3, -0.25) is 0 Å². The van der Waals surface area contributed by atoms with E-state index in [-0.39, 0.29) is 41.5 Å². The van der Waals surface area contributed by atoms with E-state index in [2.05, 4.69) is 25.6 Å². The highest BCUT2D eigenvalue weighted by molar-refractivity contribution is 5.83. The molecule has 3 atom stereocenters. The van der Waals surface area contributed by atoms with Crippen LogP contribution >= 0.6 is 0 Å². The second-order valence-electron chi connectivity index (χ2n) is 9.13. The summed E-state index contributed by atoms with van der Waals surface area (Å²) >= 11 is 0. The van der Waals surface area contributed by atoms with Crippen LogP contribution in [-0.4, -0.2) is 57.8 Å². The van der Waals surface area contributed by atoms with Crippen molar-refractivity contribution in [3.8, 4) is 11.4 Å². The summed E-state index contributed by atoms with van der Waals surface area (Å²) in [5.41, 5.74) is 6.19. The molecule has 3 aromatic heterocycles. The topological polar surface area (TPSA) is 125 Å². The predicted octanol–water partition coefficient (Wildman–Crippen LogP) is 2.77. The van der Waals surface area contributed by atoms with E-state index in [9.17, 15) is 18.3 Å². The third kappa shape index (κ3) is 4.35. The molecule has 2 aliphatic rings. The molecule has 11 heteroatoms. The number of aromatic nitrogens is 4. The van der Waals surface area contributed by atoms with Gasteiger partial charge in [0.15, 0.2) is 0 Å². The first-order valence-electron chi connectivity index (χ1n) is 11.6. The number of nitrogens with two attached hydrogens (primary N) is 1. The number of H-pyrrole nitrogens is 1. The lowest BCUT2D eigenvalue weighted by Crippen LogP contribution is -2.37. The van der Waals surface area contributed by atoms with E-state index in [4.69, 9.17) is 10.7 Å². The Labute approximate surface area is 194 Å². The number of nitrogen functional groups attached to an aromatic ring is 1. The molecule has 0 aliphatic carbocycles. The van der Waals surface area contributed by atoms with Crippen molar-refractivity contribution in [1.29, 1.82) is 0 Å². The molecule has 3 aromatic rings. The Kier molecular flexibility index (Phi) is 6.17. The van der Waals surface area contributed by atoms with Crippen LogP contribution in [0.3, 0.4) is 0 Å². The molecule has 2 fully saturated rings. The van der Waals surface area contributed by atoms with Crippen molar-refractivity contribution in [2.24, 2.45) is 5.92 Å². The molecule has 5 heterocycles. The van der Waals surface area contributed by atoms with Crippen molar-refractivity contribution in [2.45, 2.75) is 37.3 Å². The number of rotatable bonds is 4. The quantitative estimate of drug-likeness (QED) is 0.393. The first-order valence-corrected chi connectivity index (χ1v) is 11.6. The zero-order valence-electron chi connectivity index (χ0n) is 18.6. The molecular weight excluding hydrogens is 447 g/mol. The lowest BCUT2D eigenvalue weighted by Gasteiger charge is -2.30. The van der Waals surface area contributed by atoms with E-state index in [0.29, 0.717) is 30.5 Å². The van der Waals surface area contributed by atoms with Crippen LogP contribution in [0, 0.1) is 5.92 Å². The number of nitrogens with one attached hydrogen (secondary N) is 3. The van der Waals surface area contributed by atoms with Crippen LogP contribution in [0.15, 0.2) is 18.2 Å². The number of anilines is 1. The Hall–Kier alpha value is -2.76. The average Bonchev–Trinajstić information content (AvgIpc) is 3.26. The first-order chi connectivity index (χ1) is 16.3. The van der Waals surface area contributed by atoms with Crippen LogP contribution in [0.5, 0.6) is 0 Å². The van der Waals surface area contributed by atoms with Gasteiger partial charge in [-0.15, -0.1) is 0 Å². The van der Waals surface area contributed by atoms with E-state index < -0.39 is 17.7 Å². The van der Waals surface area contributed by atoms with Crippen molar-refractivity contribution in [3.05, 3.63) is 35.2 Å². The first kappa shape index (κ1) is 23.0. The van der Waals surface area contributed by atoms with E-state index in [1.165, 1.54) is 0 Å². The molecule has 0 spiro atoms. The monoisotopic (exact) mass is 475 g/mol. The fourth-order valence-corrected chi connectivity index (χ4v) is 5.18. The number of aromatic amines is 1. The van der Waals surface area contributed by atoms with Gasteiger partial charge in [-0.1, -0.05) is 0 Å². The molecular formula is C23H28F3N7O. The molecule has 5 rings (SSSR count). The van der Waals surface area contributed by atoms with Crippen LogP contribution in [0.25, 0.3) is 22.4 Å². The number of hydrogen-bond acceptors (Lipinski definition) is 7. The van der Waals surface area contributed by atoms with Gasteiger partial charge >= 0.3 is 6.18 Å². The minimum Gasteiger partial charge on any atom is -0.396 e. The maximum Gasteiger partial charge on any atom is 0.420 e. The molecule has 8 nitrogen and oxygen atoms in total. The van der Waals surface area contributed by atoms with E-state index in [0.717, 1.165) is 31.6 Å². The fourth-order valence-electron chi connectivity index (χ4n) is 5.18. The number of halogens is 3. The third-order valence-corrected chi connectivity index (χ3v) is 6.92. The predicted molar refractivity (Wildman–Crippen MR) is 122 cm³/mol. The Balaban J connectivity index is 1.59. The van der Waals surface area contributed by atoms with Gasteiger partial charge in [0.2, 0.25) is 5.95 Å². The molecule has 0 amide bonds. The molecule has 0 bridgehead atoms. The molecule has 0 saturated carbocycles. The van der Waals surface area contributed by atoms with Gasteiger partial charge in [0, 0.05) is 42.6 Å². The van der Waals surface area contributed by atoms with Crippen LogP contribution in [-0.2, 0) is 6.18 Å². The van der Waals surface area contributed by atoms with Crippen LogP contribution in [0.4, 0.5) is 19.1 Å². The van der Waals surface area contributed by atoms with Crippen molar-refractivity contribution in [1.82, 2.24) is 30.6 Å². The summed E-state index contributed by atoms with van der Waals surface area (Å²) in [5.74, 6) is -0.459. The fraction of sp³-hybridized carbons (Fsp3) is 0.522. The Morgan fingerprint density at radius 1 is 1.06 bits per heavy atom. The number of alkyl halides is 3. The maximum atomic E-state index is 14.3. The smallest absolute Gasteiger partial charge is 0.396 e.